The summed E-state index contributed by atoms with van der Waals surface area (Å²) in [4.78, 5) is 17.5. The number of carbonyl (C=O) groups is 1. The lowest BCUT2D eigenvalue weighted by Gasteiger charge is -2.23. The molecule has 0 bridgehead atoms. The zero-order valence-electron chi connectivity index (χ0n) is 10.5. The predicted molar refractivity (Wildman–Crippen MR) is 66.5 cm³/mol. The molecule has 1 aromatic heterocycles. The van der Waals surface area contributed by atoms with Gasteiger partial charge < -0.3 is 10.0 Å². The lowest BCUT2D eigenvalue weighted by Crippen LogP contribution is -2.37. The van der Waals surface area contributed by atoms with Gasteiger partial charge in [-0.25, -0.2) is 0 Å². The molecular weight excluding hydrogens is 216 g/mol. The highest BCUT2D eigenvalue weighted by Gasteiger charge is 2.14. The second kappa shape index (κ2) is 7.01. The maximum Gasteiger partial charge on any atom is 0.222 e. The van der Waals surface area contributed by atoms with Crippen LogP contribution in [0.1, 0.15) is 25.5 Å². The first-order chi connectivity index (χ1) is 8.15. The van der Waals surface area contributed by atoms with E-state index >= 15 is 0 Å². The maximum atomic E-state index is 11.7. The SMILES string of the molecule is CC(CO)N(C)C(=O)CCCc1ccccn1. The topological polar surface area (TPSA) is 53.4 Å². The van der Waals surface area contributed by atoms with E-state index in [0.717, 1.165) is 18.5 Å². The number of aryl methyl sites for hydroxylation is 1. The minimum absolute atomic E-state index is 0.00246. The Balaban J connectivity index is 2.29. The highest BCUT2D eigenvalue weighted by Crippen LogP contribution is 2.05. The molecule has 0 spiro atoms. The number of hydrogen-bond acceptors (Lipinski definition) is 3. The summed E-state index contributed by atoms with van der Waals surface area (Å²) in [5, 5.41) is 8.95. The predicted octanol–water partition coefficient (Wildman–Crippen LogP) is 1.24. The number of aliphatic hydroxyl groups excluding tert-OH is 1. The van der Waals surface area contributed by atoms with Crippen LogP contribution in [0.4, 0.5) is 0 Å². The Morgan fingerprint density at radius 2 is 2.29 bits per heavy atom. The molecule has 17 heavy (non-hydrogen) atoms. The van der Waals surface area contributed by atoms with Crippen LogP contribution >= 0.6 is 0 Å². The molecule has 1 N–H and O–H groups in total. The van der Waals surface area contributed by atoms with E-state index in [-0.39, 0.29) is 18.6 Å². The summed E-state index contributed by atoms with van der Waals surface area (Å²) in [5.74, 6) is 0.0717. The van der Waals surface area contributed by atoms with Crippen LogP contribution in [0.3, 0.4) is 0 Å². The van der Waals surface area contributed by atoms with Crippen molar-refractivity contribution in [2.75, 3.05) is 13.7 Å². The van der Waals surface area contributed by atoms with E-state index in [9.17, 15) is 4.79 Å². The molecule has 1 amide bonds. The van der Waals surface area contributed by atoms with Crippen molar-refractivity contribution in [1.29, 1.82) is 0 Å². The first-order valence-corrected chi connectivity index (χ1v) is 5.91. The lowest BCUT2D eigenvalue weighted by molar-refractivity contribution is -0.132. The van der Waals surface area contributed by atoms with Gasteiger partial charge >= 0.3 is 0 Å². The summed E-state index contributed by atoms with van der Waals surface area (Å²) in [5.41, 5.74) is 1.01. The summed E-state index contributed by atoms with van der Waals surface area (Å²) in [7, 11) is 1.73. The van der Waals surface area contributed by atoms with Crippen LogP contribution in [0, 0.1) is 0 Å². The second-order valence-electron chi connectivity index (χ2n) is 4.21. The van der Waals surface area contributed by atoms with Crippen molar-refractivity contribution in [3.8, 4) is 0 Å². The fourth-order valence-corrected chi connectivity index (χ4v) is 1.51. The first-order valence-electron chi connectivity index (χ1n) is 5.91. The van der Waals surface area contributed by atoms with Crippen LogP contribution in [0.2, 0.25) is 0 Å². The highest BCUT2D eigenvalue weighted by molar-refractivity contribution is 5.76. The molecule has 1 rings (SSSR count). The largest absolute Gasteiger partial charge is 0.394 e. The third-order valence-electron chi connectivity index (χ3n) is 2.87. The van der Waals surface area contributed by atoms with Gasteiger partial charge in [-0.1, -0.05) is 6.07 Å². The molecule has 0 radical (unpaired) electrons. The van der Waals surface area contributed by atoms with Crippen molar-refractivity contribution in [2.45, 2.75) is 32.2 Å². The van der Waals surface area contributed by atoms with Crippen molar-refractivity contribution in [1.82, 2.24) is 9.88 Å². The maximum absolute atomic E-state index is 11.7. The molecule has 0 aliphatic rings. The number of carbonyl (C=O) groups excluding carboxylic acids is 1. The van der Waals surface area contributed by atoms with Crippen LogP contribution in [0.15, 0.2) is 24.4 Å². The molecule has 1 heterocycles. The molecule has 94 valence electrons. The average molecular weight is 236 g/mol. The van der Waals surface area contributed by atoms with Crippen molar-refractivity contribution in [3.05, 3.63) is 30.1 Å². The quantitative estimate of drug-likeness (QED) is 0.808. The van der Waals surface area contributed by atoms with E-state index in [1.165, 1.54) is 0 Å². The molecule has 0 saturated heterocycles. The fraction of sp³-hybridized carbons (Fsp3) is 0.538. The van der Waals surface area contributed by atoms with Gasteiger partial charge in [-0.15, -0.1) is 0 Å². The first kappa shape index (κ1) is 13.6. The molecular formula is C13H20N2O2. The van der Waals surface area contributed by atoms with Gasteiger partial charge in [0.25, 0.3) is 0 Å². The van der Waals surface area contributed by atoms with Crippen molar-refractivity contribution >= 4 is 5.91 Å². The molecule has 0 aliphatic carbocycles. The van der Waals surface area contributed by atoms with Gasteiger partial charge in [0.2, 0.25) is 5.91 Å². The number of hydrogen-bond donors (Lipinski definition) is 1. The second-order valence-corrected chi connectivity index (χ2v) is 4.21. The third kappa shape index (κ3) is 4.53. The molecule has 1 atom stereocenters. The van der Waals surface area contributed by atoms with Gasteiger partial charge in [0.15, 0.2) is 0 Å². The van der Waals surface area contributed by atoms with E-state index in [1.54, 1.807) is 18.1 Å². The molecule has 4 nitrogen and oxygen atoms in total. The zero-order chi connectivity index (χ0) is 12.7. The van der Waals surface area contributed by atoms with Gasteiger partial charge in [0.1, 0.15) is 0 Å². The number of aromatic nitrogens is 1. The summed E-state index contributed by atoms with van der Waals surface area (Å²) >= 11 is 0. The summed E-state index contributed by atoms with van der Waals surface area (Å²) in [6, 6.07) is 5.68. The van der Waals surface area contributed by atoms with E-state index in [4.69, 9.17) is 5.11 Å². The number of aliphatic hydroxyl groups is 1. The van der Waals surface area contributed by atoms with Gasteiger partial charge in [-0.3, -0.25) is 9.78 Å². The third-order valence-corrected chi connectivity index (χ3v) is 2.87. The molecule has 0 fully saturated rings. The van der Waals surface area contributed by atoms with Crippen LogP contribution in [0.25, 0.3) is 0 Å². The Labute approximate surface area is 102 Å². The van der Waals surface area contributed by atoms with Crippen molar-refractivity contribution in [2.24, 2.45) is 0 Å². The standard InChI is InChI=1S/C13H20N2O2/c1-11(10-16)15(2)13(17)8-5-7-12-6-3-4-9-14-12/h3-4,6,9,11,16H,5,7-8,10H2,1-2H3. The van der Waals surface area contributed by atoms with Gasteiger partial charge in [0, 0.05) is 25.4 Å². The lowest BCUT2D eigenvalue weighted by atomic mass is 10.1. The Morgan fingerprint density at radius 3 is 2.88 bits per heavy atom. The molecule has 0 saturated carbocycles. The number of likely N-dealkylation sites (N-methyl/N-ethyl adjacent to an activating group) is 1. The number of rotatable bonds is 6. The van der Waals surface area contributed by atoms with E-state index < -0.39 is 0 Å². The van der Waals surface area contributed by atoms with Crippen LogP contribution in [-0.4, -0.2) is 40.6 Å². The van der Waals surface area contributed by atoms with Crippen LogP contribution in [0.5, 0.6) is 0 Å². The number of nitrogens with zero attached hydrogens (tertiary/aromatic N) is 2. The molecule has 0 aromatic carbocycles. The van der Waals surface area contributed by atoms with Gasteiger partial charge in [-0.2, -0.15) is 0 Å². The van der Waals surface area contributed by atoms with Crippen molar-refractivity contribution in [3.63, 3.8) is 0 Å². The van der Waals surface area contributed by atoms with E-state index in [2.05, 4.69) is 4.98 Å². The zero-order valence-corrected chi connectivity index (χ0v) is 10.5. The fourth-order valence-electron chi connectivity index (χ4n) is 1.51. The van der Waals surface area contributed by atoms with E-state index in [1.807, 2.05) is 25.1 Å². The average Bonchev–Trinajstić information content (AvgIpc) is 2.38. The minimum atomic E-state index is -0.114. The molecule has 0 aliphatic heterocycles. The summed E-state index contributed by atoms with van der Waals surface area (Å²) in [6.45, 7) is 1.83. The monoisotopic (exact) mass is 236 g/mol. The van der Waals surface area contributed by atoms with Gasteiger partial charge in [-0.05, 0) is 31.9 Å². The van der Waals surface area contributed by atoms with Crippen LogP contribution < -0.4 is 0 Å². The number of amides is 1. The Hall–Kier alpha value is -1.42. The molecule has 1 aromatic rings. The molecule has 1 unspecified atom stereocenters. The number of pyridine rings is 1. The highest BCUT2D eigenvalue weighted by atomic mass is 16.3. The minimum Gasteiger partial charge on any atom is -0.394 e. The summed E-state index contributed by atoms with van der Waals surface area (Å²) in [6.07, 6.45) is 3.86. The van der Waals surface area contributed by atoms with Gasteiger partial charge in [0.05, 0.1) is 12.6 Å². The van der Waals surface area contributed by atoms with E-state index in [0.29, 0.717) is 6.42 Å². The van der Waals surface area contributed by atoms with Crippen molar-refractivity contribution < 1.29 is 9.90 Å². The smallest absolute Gasteiger partial charge is 0.222 e. The summed E-state index contributed by atoms with van der Waals surface area (Å²) < 4.78 is 0. The van der Waals surface area contributed by atoms with Crippen LogP contribution in [-0.2, 0) is 11.2 Å². The Kier molecular flexibility index (Phi) is 5.63. The normalized spacial score (nSPS) is 12.2. The Morgan fingerprint density at radius 1 is 1.53 bits per heavy atom. The Bertz CT molecular complexity index is 341. The molecule has 4 heteroatoms.